The minimum atomic E-state index is -1.83. The summed E-state index contributed by atoms with van der Waals surface area (Å²) in [5.74, 6) is -0.333. The largest absolute Gasteiger partial charge is 1.00 e. The zero-order valence-electron chi connectivity index (χ0n) is 5.40. The van der Waals surface area contributed by atoms with E-state index in [1.165, 1.54) is 0 Å². The van der Waals surface area contributed by atoms with Crippen LogP contribution in [0.1, 0.15) is 0 Å². The average Bonchev–Trinajstić information content (AvgIpc) is 1.25. The van der Waals surface area contributed by atoms with Crippen molar-refractivity contribution in [1.29, 1.82) is 5.41 Å². The number of rotatable bonds is 0. The number of hydrogen-bond acceptors (Lipinski definition) is 3. The molecule has 0 rings (SSSR count). The van der Waals surface area contributed by atoms with Gasteiger partial charge in [-0.15, -0.1) is 0 Å². The van der Waals surface area contributed by atoms with Crippen LogP contribution in [0.2, 0.25) is 0 Å². The summed E-state index contributed by atoms with van der Waals surface area (Å²) < 4.78 is 0. The van der Waals surface area contributed by atoms with Gasteiger partial charge in [-0.3, -0.25) is 5.41 Å². The Morgan fingerprint density at radius 3 is 1.30 bits per heavy atom. The fourth-order valence-electron chi connectivity index (χ4n) is 0. The van der Waals surface area contributed by atoms with Crippen LogP contribution in [0.15, 0.2) is 0 Å². The summed E-state index contributed by atoms with van der Waals surface area (Å²) in [5.41, 5.74) is 8.94. The Kier molecular flexibility index (Phi) is 35.9. The minimum Gasteiger partial charge on any atom is -0.870 e. The molecule has 0 aliphatic carbocycles. The predicted octanol–water partition coefficient (Wildman–Crippen LogP) is -4.11. The quantitative estimate of drug-likeness (QED) is 0.137. The second kappa shape index (κ2) is 15.8. The molecule has 0 aromatic carbocycles. The van der Waals surface area contributed by atoms with Gasteiger partial charge in [-0.2, -0.15) is 0 Å². The first-order chi connectivity index (χ1) is 3.46. The minimum absolute atomic E-state index is 0. The van der Waals surface area contributed by atoms with Gasteiger partial charge in [0.1, 0.15) is 0 Å². The van der Waals surface area contributed by atoms with Crippen LogP contribution in [0.3, 0.4) is 0 Å². The van der Waals surface area contributed by atoms with Crippen molar-refractivity contribution in [3.8, 4) is 0 Å². The van der Waals surface area contributed by atoms with E-state index in [-0.39, 0.29) is 41.0 Å². The Morgan fingerprint density at radius 1 is 1.30 bits per heavy atom. The average molecular weight is 161 g/mol. The Morgan fingerprint density at radius 2 is 1.30 bits per heavy atom. The zero-order chi connectivity index (χ0) is 7.15. The van der Waals surface area contributed by atoms with Crippen LogP contribution in [0.5, 0.6) is 0 Å². The molecule has 0 spiro atoms. The number of nitrogens with one attached hydrogen (secondary N) is 1. The number of nitrogens with two attached hydrogens (primary N) is 2. The molecule has 0 saturated heterocycles. The first-order valence-electron chi connectivity index (χ1n) is 1.48. The molecule has 0 atom stereocenters. The molecular weight excluding hydrogens is 153 g/mol. The van der Waals surface area contributed by atoms with E-state index in [0.29, 0.717) is 0 Å². The van der Waals surface area contributed by atoms with Crippen LogP contribution in [0.4, 0.5) is 4.79 Å². The van der Waals surface area contributed by atoms with Crippen LogP contribution >= 0.6 is 0 Å². The van der Waals surface area contributed by atoms with E-state index in [4.69, 9.17) is 20.4 Å². The maximum absolute atomic E-state index is 8.56. The van der Waals surface area contributed by atoms with E-state index in [2.05, 4.69) is 11.5 Å². The third-order valence-electron chi connectivity index (χ3n) is 0. The molecular formula is C2H8N3NaO4. The van der Waals surface area contributed by atoms with Gasteiger partial charge >= 0.3 is 35.7 Å². The molecule has 8 N–H and O–H groups in total. The SMILES string of the molecule is N=C(N)N.O=C(O)O.[Na+].[OH-]. The summed E-state index contributed by atoms with van der Waals surface area (Å²) in [4.78, 5) is 8.56. The van der Waals surface area contributed by atoms with Crippen molar-refractivity contribution < 1.29 is 50.0 Å². The second-order valence-electron chi connectivity index (χ2n) is 0.738. The molecule has 7 nitrogen and oxygen atoms in total. The van der Waals surface area contributed by atoms with Crippen LogP contribution in [0.25, 0.3) is 0 Å². The van der Waals surface area contributed by atoms with Crippen molar-refractivity contribution in [3.63, 3.8) is 0 Å². The van der Waals surface area contributed by atoms with Gasteiger partial charge in [-0.25, -0.2) is 4.79 Å². The summed E-state index contributed by atoms with van der Waals surface area (Å²) in [7, 11) is 0. The van der Waals surface area contributed by atoms with Gasteiger partial charge in [-0.05, 0) is 0 Å². The first-order valence-corrected chi connectivity index (χ1v) is 1.48. The fraction of sp³-hybridized carbons (Fsp3) is 0. The maximum atomic E-state index is 8.56. The molecule has 0 amide bonds. The molecule has 0 bridgehead atoms. The van der Waals surface area contributed by atoms with Gasteiger partial charge in [0.15, 0.2) is 5.96 Å². The monoisotopic (exact) mass is 161 g/mol. The molecule has 0 aliphatic heterocycles. The third-order valence-corrected chi connectivity index (χ3v) is 0. The van der Waals surface area contributed by atoms with Gasteiger partial charge in [0.25, 0.3) is 0 Å². The van der Waals surface area contributed by atoms with Crippen molar-refractivity contribution in [1.82, 2.24) is 0 Å². The van der Waals surface area contributed by atoms with E-state index in [1.807, 2.05) is 0 Å². The number of hydrogen-bond donors (Lipinski definition) is 5. The molecule has 0 heterocycles. The van der Waals surface area contributed by atoms with Crippen LogP contribution in [0, 0.1) is 5.41 Å². The van der Waals surface area contributed by atoms with Crippen LogP contribution in [-0.2, 0) is 0 Å². The number of carbonyl (C=O) groups is 1. The number of guanidine groups is 1. The van der Waals surface area contributed by atoms with E-state index >= 15 is 0 Å². The number of carboxylic acid groups (broad SMARTS) is 2. The molecule has 0 saturated carbocycles. The normalized spacial score (nSPS) is 4.80. The standard InChI is InChI=1S/CH5N3.CH2O3.Na.H2O/c2*2-1(3)4;;/h(H5,2,3,4);(H2,2,3,4);;1H2/q;;+1;/p-1. The zero-order valence-corrected chi connectivity index (χ0v) is 7.40. The van der Waals surface area contributed by atoms with E-state index in [0.717, 1.165) is 0 Å². The summed E-state index contributed by atoms with van der Waals surface area (Å²) >= 11 is 0. The topological polar surface area (TPSA) is 163 Å². The van der Waals surface area contributed by atoms with Crippen LogP contribution in [-0.4, -0.2) is 27.8 Å². The summed E-state index contributed by atoms with van der Waals surface area (Å²) in [6.45, 7) is 0. The molecule has 0 unspecified atom stereocenters. The smallest absolute Gasteiger partial charge is 0.870 e. The Bertz CT molecular complexity index is 76.5. The molecule has 0 aliphatic rings. The fourth-order valence-corrected chi connectivity index (χ4v) is 0. The van der Waals surface area contributed by atoms with Crippen molar-refractivity contribution in [2.24, 2.45) is 11.5 Å². The Labute approximate surface area is 79.1 Å². The van der Waals surface area contributed by atoms with Gasteiger partial charge in [0, 0.05) is 0 Å². The molecule has 0 fully saturated rings. The van der Waals surface area contributed by atoms with Crippen molar-refractivity contribution in [3.05, 3.63) is 0 Å². The van der Waals surface area contributed by atoms with E-state index < -0.39 is 6.16 Å². The molecule has 0 aromatic rings. The van der Waals surface area contributed by atoms with Crippen molar-refractivity contribution in [2.45, 2.75) is 0 Å². The molecule has 0 radical (unpaired) electrons. The molecule has 10 heavy (non-hydrogen) atoms. The van der Waals surface area contributed by atoms with Gasteiger partial charge in [0.2, 0.25) is 0 Å². The molecule has 56 valence electrons. The van der Waals surface area contributed by atoms with Gasteiger partial charge in [0.05, 0.1) is 0 Å². The van der Waals surface area contributed by atoms with Crippen molar-refractivity contribution >= 4 is 12.1 Å². The Hall–Kier alpha value is -0.500. The van der Waals surface area contributed by atoms with Gasteiger partial charge in [-0.1, -0.05) is 0 Å². The first kappa shape index (κ1) is 22.7. The predicted molar refractivity (Wildman–Crippen MR) is 28.7 cm³/mol. The van der Waals surface area contributed by atoms with E-state index in [9.17, 15) is 0 Å². The third kappa shape index (κ3) is 1270. The maximum Gasteiger partial charge on any atom is 1.00 e. The van der Waals surface area contributed by atoms with Gasteiger partial charge < -0.3 is 27.2 Å². The summed E-state index contributed by atoms with van der Waals surface area (Å²) in [5, 5.41) is 20.0. The summed E-state index contributed by atoms with van der Waals surface area (Å²) in [6, 6.07) is 0. The van der Waals surface area contributed by atoms with Crippen LogP contribution < -0.4 is 41.0 Å². The summed E-state index contributed by atoms with van der Waals surface area (Å²) in [6.07, 6.45) is -1.83. The van der Waals surface area contributed by atoms with Crippen molar-refractivity contribution in [2.75, 3.05) is 0 Å². The Balaban J connectivity index is -0.0000000300. The molecule has 0 aromatic heterocycles. The van der Waals surface area contributed by atoms with E-state index in [1.54, 1.807) is 0 Å². The second-order valence-corrected chi connectivity index (χ2v) is 0.738. The molecule has 8 heteroatoms.